The third-order valence-electron chi connectivity index (χ3n) is 9.23. The van der Waals surface area contributed by atoms with E-state index < -0.39 is 5.92 Å². The predicted octanol–water partition coefficient (Wildman–Crippen LogP) is 7.81. The molecule has 0 aliphatic heterocycles. The lowest BCUT2D eigenvalue weighted by Crippen LogP contribution is -2.43. The number of nitrogens with zero attached hydrogens (tertiary/aromatic N) is 2. The Morgan fingerprint density at radius 2 is 1.87 bits per heavy atom. The van der Waals surface area contributed by atoms with E-state index in [1.807, 2.05) is 11.3 Å². The Labute approximate surface area is 187 Å². The summed E-state index contributed by atoms with van der Waals surface area (Å²) in [5.41, 5.74) is 2.92. The van der Waals surface area contributed by atoms with Crippen LogP contribution >= 0.6 is 11.3 Å². The fourth-order valence-electron chi connectivity index (χ4n) is 7.75. The molecule has 0 N–H and O–H groups in total. The van der Waals surface area contributed by atoms with Crippen LogP contribution < -0.4 is 0 Å². The zero-order valence-electron chi connectivity index (χ0n) is 19.3. The monoisotopic (exact) mass is 422 g/mol. The molecule has 1 aromatic rings. The molecule has 1 heterocycles. The van der Waals surface area contributed by atoms with E-state index in [1.165, 1.54) is 61.8 Å². The van der Waals surface area contributed by atoms with Crippen LogP contribution in [0.4, 0.5) is 0 Å². The van der Waals surface area contributed by atoms with Crippen LogP contribution in [0.15, 0.2) is 5.38 Å². The first-order chi connectivity index (χ1) is 14.4. The van der Waals surface area contributed by atoms with Crippen molar-refractivity contribution in [1.82, 2.24) is 0 Å². The summed E-state index contributed by atoms with van der Waals surface area (Å²) in [4.78, 5) is 1.53. The average Bonchev–Trinajstić information content (AvgIpc) is 3.30. The van der Waals surface area contributed by atoms with Crippen LogP contribution in [0.3, 0.4) is 0 Å². The van der Waals surface area contributed by atoms with Gasteiger partial charge in [0.1, 0.15) is 0 Å². The van der Waals surface area contributed by atoms with Crippen LogP contribution in [0.25, 0.3) is 0 Å². The molecule has 6 atom stereocenters. The van der Waals surface area contributed by atoms with Gasteiger partial charge in [-0.1, -0.05) is 47.0 Å². The zero-order valence-corrected chi connectivity index (χ0v) is 20.1. The zero-order chi connectivity index (χ0) is 21.5. The Balaban J connectivity index is 1.51. The maximum absolute atomic E-state index is 9.39. The standard InChI is InChI=1S/C27H38N2S/c1-17(2)6-5-7-18(3)24-10-11-25-20-8-9-21-23(19(14-28)15-29)16-30-26(21)22(20)12-13-27(24,25)4/h16-20,22,24-25H,5-13H2,1-4H3. The van der Waals surface area contributed by atoms with Crippen LogP contribution in [-0.4, -0.2) is 0 Å². The van der Waals surface area contributed by atoms with E-state index in [9.17, 15) is 10.5 Å². The summed E-state index contributed by atoms with van der Waals surface area (Å²) in [6.45, 7) is 9.88. The molecule has 2 nitrogen and oxygen atoms in total. The second kappa shape index (κ2) is 8.67. The number of thiophene rings is 1. The second-order valence-corrected chi connectivity index (χ2v) is 12.1. The molecule has 0 saturated heterocycles. The van der Waals surface area contributed by atoms with E-state index in [1.54, 1.807) is 0 Å². The highest BCUT2D eigenvalue weighted by Gasteiger charge is 2.55. The van der Waals surface area contributed by atoms with Gasteiger partial charge in [-0.3, -0.25) is 0 Å². The van der Waals surface area contributed by atoms with Gasteiger partial charge in [-0.2, -0.15) is 10.5 Å². The molecule has 0 amide bonds. The molecular formula is C27H38N2S. The van der Waals surface area contributed by atoms with Crippen LogP contribution in [0, 0.1) is 57.7 Å². The van der Waals surface area contributed by atoms with E-state index >= 15 is 0 Å². The highest BCUT2D eigenvalue weighted by Crippen LogP contribution is 2.65. The summed E-state index contributed by atoms with van der Waals surface area (Å²) in [5, 5.41) is 20.9. The normalized spacial score (nSPS) is 33.5. The van der Waals surface area contributed by atoms with Gasteiger partial charge in [0, 0.05) is 4.88 Å². The Morgan fingerprint density at radius 1 is 1.10 bits per heavy atom. The largest absolute Gasteiger partial charge is 0.196 e. The minimum Gasteiger partial charge on any atom is -0.196 e. The topological polar surface area (TPSA) is 47.6 Å². The number of fused-ring (bicyclic) bond motifs is 5. The fraction of sp³-hybridized carbons (Fsp3) is 0.778. The molecule has 4 rings (SSSR count). The van der Waals surface area contributed by atoms with Gasteiger partial charge in [0.25, 0.3) is 0 Å². The van der Waals surface area contributed by atoms with Gasteiger partial charge >= 0.3 is 0 Å². The molecule has 3 aliphatic rings. The number of rotatable bonds is 6. The SMILES string of the molecule is CC(C)CCCC(C)C1CCC2C3CCc4c(C(C#N)C#N)csc4C3CCC12C. The summed E-state index contributed by atoms with van der Waals surface area (Å²) in [6.07, 6.45) is 12.0. The summed E-state index contributed by atoms with van der Waals surface area (Å²) in [6, 6.07) is 4.41. The van der Waals surface area contributed by atoms with Gasteiger partial charge < -0.3 is 0 Å². The van der Waals surface area contributed by atoms with Gasteiger partial charge in [0.05, 0.1) is 12.1 Å². The first kappa shape index (κ1) is 21.9. The molecule has 3 aliphatic carbocycles. The highest BCUT2D eigenvalue weighted by molar-refractivity contribution is 7.10. The summed E-state index contributed by atoms with van der Waals surface area (Å²) in [7, 11) is 0. The number of nitriles is 2. The van der Waals surface area contributed by atoms with Gasteiger partial charge in [-0.25, -0.2) is 0 Å². The smallest absolute Gasteiger partial charge is 0.159 e. The first-order valence-corrected chi connectivity index (χ1v) is 13.2. The molecule has 2 saturated carbocycles. The Morgan fingerprint density at radius 3 is 2.57 bits per heavy atom. The van der Waals surface area contributed by atoms with E-state index in [0.717, 1.165) is 41.6 Å². The maximum Gasteiger partial charge on any atom is 0.159 e. The van der Waals surface area contributed by atoms with Crippen LogP contribution in [0.1, 0.15) is 107 Å². The number of hydrogen-bond acceptors (Lipinski definition) is 3. The summed E-state index contributed by atoms with van der Waals surface area (Å²) in [5.74, 6) is 4.37. The average molecular weight is 423 g/mol. The Hall–Kier alpha value is -1.32. The van der Waals surface area contributed by atoms with Crippen molar-refractivity contribution in [2.24, 2.45) is 35.0 Å². The first-order valence-electron chi connectivity index (χ1n) is 12.3. The molecule has 0 bridgehead atoms. The third-order valence-corrected chi connectivity index (χ3v) is 10.4. The molecule has 3 heteroatoms. The summed E-state index contributed by atoms with van der Waals surface area (Å²) < 4.78 is 0. The van der Waals surface area contributed by atoms with Crippen molar-refractivity contribution in [1.29, 1.82) is 10.5 Å². The van der Waals surface area contributed by atoms with Gasteiger partial charge in [0.15, 0.2) is 5.92 Å². The maximum atomic E-state index is 9.39. The van der Waals surface area contributed by atoms with Crippen molar-refractivity contribution >= 4 is 11.3 Å². The lowest BCUT2D eigenvalue weighted by molar-refractivity contribution is 0.0105. The van der Waals surface area contributed by atoms with E-state index in [2.05, 4.69) is 45.2 Å². The minimum absolute atomic E-state index is 0.526. The van der Waals surface area contributed by atoms with Gasteiger partial charge in [-0.15, -0.1) is 11.3 Å². The molecule has 1 aromatic heterocycles. The molecule has 6 unspecified atom stereocenters. The molecule has 162 valence electrons. The van der Waals surface area contributed by atoms with Crippen molar-refractivity contribution in [2.45, 2.75) is 97.3 Å². The van der Waals surface area contributed by atoms with Crippen LogP contribution in [0.2, 0.25) is 0 Å². The van der Waals surface area contributed by atoms with Crippen LogP contribution in [0.5, 0.6) is 0 Å². The molecule has 0 spiro atoms. The molecule has 2 fully saturated rings. The van der Waals surface area contributed by atoms with E-state index in [0.29, 0.717) is 11.3 Å². The van der Waals surface area contributed by atoms with Crippen molar-refractivity contribution in [3.05, 3.63) is 21.4 Å². The number of hydrogen-bond donors (Lipinski definition) is 0. The van der Waals surface area contributed by atoms with Crippen molar-refractivity contribution in [2.75, 3.05) is 0 Å². The molecule has 30 heavy (non-hydrogen) atoms. The van der Waals surface area contributed by atoms with Crippen LogP contribution in [-0.2, 0) is 6.42 Å². The van der Waals surface area contributed by atoms with Gasteiger partial charge in [-0.05, 0) is 96.0 Å². The third kappa shape index (κ3) is 3.62. The van der Waals surface area contributed by atoms with Gasteiger partial charge in [0.2, 0.25) is 0 Å². The lowest BCUT2D eigenvalue weighted by atomic mass is 9.54. The highest BCUT2D eigenvalue weighted by atomic mass is 32.1. The fourth-order valence-corrected chi connectivity index (χ4v) is 9.11. The Bertz CT molecular complexity index is 826. The lowest BCUT2D eigenvalue weighted by Gasteiger charge is -2.51. The molecule has 0 aromatic carbocycles. The quantitative estimate of drug-likeness (QED) is 0.469. The molecular weight excluding hydrogens is 384 g/mol. The minimum atomic E-state index is -0.585. The predicted molar refractivity (Wildman–Crippen MR) is 124 cm³/mol. The second-order valence-electron chi connectivity index (χ2n) is 11.2. The molecule has 0 radical (unpaired) electrons. The van der Waals surface area contributed by atoms with Crippen molar-refractivity contribution in [3.8, 4) is 12.1 Å². The summed E-state index contributed by atoms with van der Waals surface area (Å²) >= 11 is 1.85. The van der Waals surface area contributed by atoms with E-state index in [-0.39, 0.29) is 0 Å². The van der Waals surface area contributed by atoms with Crippen molar-refractivity contribution in [3.63, 3.8) is 0 Å². The Kier molecular flexibility index (Phi) is 6.33. The van der Waals surface area contributed by atoms with E-state index in [4.69, 9.17) is 0 Å². The van der Waals surface area contributed by atoms with Crippen molar-refractivity contribution < 1.29 is 0 Å².